The van der Waals surface area contributed by atoms with Gasteiger partial charge in [-0.05, 0) is 119 Å². The number of aliphatic imine (C=N–C) groups is 1. The largest absolute Gasteiger partial charge is 0.493 e. The van der Waals surface area contributed by atoms with Crippen LogP contribution in [0.25, 0.3) is 33.3 Å². The number of fused-ring (bicyclic) bond motifs is 3. The number of hydrogen-bond donors (Lipinski definition) is 1. The second-order valence-electron chi connectivity index (χ2n) is 18.4. The van der Waals surface area contributed by atoms with Crippen molar-refractivity contribution in [3.63, 3.8) is 0 Å². The quantitative estimate of drug-likeness (QED) is 0.0631. The summed E-state index contributed by atoms with van der Waals surface area (Å²) in [6, 6.07) is 19.1. The number of imide groups is 1. The molecule has 4 aromatic carbocycles. The number of nitrogens with one attached hydrogen (secondary N) is 1. The minimum atomic E-state index is -0.736. The Bertz CT molecular complexity index is 2920. The lowest BCUT2D eigenvalue weighted by molar-refractivity contribution is -0.137. The maximum absolute atomic E-state index is 14.0. The number of aryl methyl sites for hydroxylation is 1. The van der Waals surface area contributed by atoms with E-state index in [1.165, 1.54) is 40.3 Å². The molecule has 12 nitrogen and oxygen atoms in total. The summed E-state index contributed by atoms with van der Waals surface area (Å²) in [5.41, 5.74) is 10.1. The zero-order valence-electron chi connectivity index (χ0n) is 39.3. The molecule has 4 amide bonds. The van der Waals surface area contributed by atoms with Gasteiger partial charge in [0.2, 0.25) is 11.8 Å². The van der Waals surface area contributed by atoms with Crippen molar-refractivity contribution in [1.29, 1.82) is 0 Å². The molecule has 3 aliphatic heterocycles. The second-order valence-corrected chi connectivity index (χ2v) is 18.8. The molecule has 1 saturated carbocycles. The monoisotopic (exact) mass is 940 g/mol. The van der Waals surface area contributed by atoms with Gasteiger partial charge in [0.1, 0.15) is 23.4 Å². The molecule has 1 atom stereocenters. The van der Waals surface area contributed by atoms with Crippen molar-refractivity contribution in [2.24, 2.45) is 4.99 Å². The summed E-state index contributed by atoms with van der Waals surface area (Å²) in [7, 11) is 1.82. The molecule has 4 heterocycles. The molecule has 0 spiro atoms. The lowest BCUT2D eigenvalue weighted by Crippen LogP contribution is -2.52. The predicted molar refractivity (Wildman–Crippen MR) is 265 cm³/mol. The van der Waals surface area contributed by atoms with Crippen LogP contribution in [0.2, 0.25) is 5.02 Å². The summed E-state index contributed by atoms with van der Waals surface area (Å²) >= 11 is 7.25. The Labute approximate surface area is 401 Å². The van der Waals surface area contributed by atoms with Gasteiger partial charge in [-0.15, -0.1) is 0 Å². The van der Waals surface area contributed by atoms with Crippen LogP contribution in [-0.2, 0) is 33.9 Å². The molecule has 5 aromatic rings. The summed E-state index contributed by atoms with van der Waals surface area (Å²) in [6.07, 6.45) is 7.71. The number of nitrogens with zero attached hydrogens (tertiary/aromatic N) is 5. The van der Waals surface area contributed by atoms with Gasteiger partial charge in [0.05, 0.1) is 23.7 Å². The highest BCUT2D eigenvalue weighted by Gasteiger charge is 2.40. The minimum Gasteiger partial charge on any atom is -0.493 e. The van der Waals surface area contributed by atoms with E-state index in [-0.39, 0.29) is 49.5 Å². The van der Waals surface area contributed by atoms with E-state index >= 15 is 0 Å². The number of halogens is 2. The van der Waals surface area contributed by atoms with Crippen LogP contribution in [0.5, 0.6) is 11.5 Å². The fraction of sp³-hybridized carbons (Fsp3) is 0.389. The molecule has 14 heteroatoms. The molecule has 9 rings (SSSR count). The third-order valence-electron chi connectivity index (χ3n) is 14.0. The Morgan fingerprint density at radius 1 is 0.912 bits per heavy atom. The number of piperidine rings is 1. The van der Waals surface area contributed by atoms with E-state index in [0.29, 0.717) is 61.2 Å². The van der Waals surface area contributed by atoms with Crippen molar-refractivity contribution >= 4 is 74.3 Å². The first kappa shape index (κ1) is 46.8. The Morgan fingerprint density at radius 3 is 2.41 bits per heavy atom. The van der Waals surface area contributed by atoms with Crippen LogP contribution < -0.4 is 14.8 Å². The molecule has 1 N–H and O–H groups in total. The number of benzene rings is 4. The SMILES string of the molecule is CN=C(C)C(=C(C)C)c1c(Cl)ccc2c(CCCOc3cccc4cc(F)ccc34)c(C=C3CCC3)n(CCN3CCN(C(=O)COc4cccc5c4CN(C4CCC(=O)NC4=O)C5=O)CC3)c12. The van der Waals surface area contributed by atoms with Crippen molar-refractivity contribution < 1.29 is 33.0 Å². The van der Waals surface area contributed by atoms with Crippen molar-refractivity contribution in [3.05, 3.63) is 117 Å². The smallest absolute Gasteiger partial charge is 0.260 e. The molecule has 68 heavy (non-hydrogen) atoms. The molecule has 0 radical (unpaired) electrons. The van der Waals surface area contributed by atoms with Crippen LogP contribution in [0.4, 0.5) is 4.39 Å². The van der Waals surface area contributed by atoms with Crippen LogP contribution >= 0.6 is 11.6 Å². The number of aromatic nitrogens is 1. The molecule has 1 aromatic heterocycles. The molecule has 2 saturated heterocycles. The van der Waals surface area contributed by atoms with Gasteiger partial charge in [0, 0.05) is 97.2 Å². The summed E-state index contributed by atoms with van der Waals surface area (Å²) in [5, 5.41) is 5.86. The Balaban J connectivity index is 0.915. The number of carbonyl (C=O) groups is 4. The maximum atomic E-state index is 14.0. The molecular formula is C54H58ClFN6O6. The average molecular weight is 942 g/mol. The molecule has 0 bridgehead atoms. The predicted octanol–water partition coefficient (Wildman–Crippen LogP) is 9.03. The molecular weight excluding hydrogens is 883 g/mol. The number of allylic oxidation sites excluding steroid dienone is 3. The van der Waals surface area contributed by atoms with E-state index in [0.717, 1.165) is 82.1 Å². The first-order valence-electron chi connectivity index (χ1n) is 23.7. The van der Waals surface area contributed by atoms with Gasteiger partial charge in [-0.2, -0.15) is 0 Å². The highest BCUT2D eigenvalue weighted by atomic mass is 35.5. The standard InChI is InChI=1S/C54H58ClFN6O6/c1-33(2)50(34(3)57-4)51-43(55)19-18-40-39(13-8-28-67-46-14-6-11-36-30-37(56)16-17-38(36)46)45(29-35-9-5-10-35)61(52(40)51)27-24-59-22-25-60(26-23-59)49(64)32-68-47-15-7-12-41-42(47)31-62(54(41)66)44-20-21-48(63)58-53(44)65/h6-7,11-12,14-19,29-30,44H,5,8-10,13,20-28,31-32H2,1-4H3,(H,58,63,65). The molecule has 1 unspecified atom stereocenters. The van der Waals surface area contributed by atoms with Gasteiger partial charge in [0.15, 0.2) is 6.61 Å². The van der Waals surface area contributed by atoms with E-state index in [1.54, 1.807) is 24.3 Å². The number of carbonyl (C=O) groups excluding carboxylic acids is 4. The summed E-state index contributed by atoms with van der Waals surface area (Å²) < 4.78 is 29.0. The van der Waals surface area contributed by atoms with Gasteiger partial charge in [0.25, 0.3) is 11.8 Å². The Morgan fingerprint density at radius 2 is 1.68 bits per heavy atom. The zero-order chi connectivity index (χ0) is 47.6. The normalized spacial score (nSPS) is 17.7. The van der Waals surface area contributed by atoms with Crippen LogP contribution in [0.15, 0.2) is 82.9 Å². The summed E-state index contributed by atoms with van der Waals surface area (Å²) in [5.74, 6) is -0.330. The second kappa shape index (κ2) is 20.1. The number of rotatable bonds is 15. The van der Waals surface area contributed by atoms with Gasteiger partial charge in [-0.25, -0.2) is 4.39 Å². The number of hydrogen-bond acceptors (Lipinski definition) is 8. The molecule has 3 fully saturated rings. The number of piperazine rings is 1. The average Bonchev–Trinajstić information content (AvgIpc) is 3.80. The third-order valence-corrected chi connectivity index (χ3v) is 14.3. The van der Waals surface area contributed by atoms with Gasteiger partial charge in [-0.1, -0.05) is 47.0 Å². The fourth-order valence-corrected chi connectivity index (χ4v) is 10.4. The molecule has 4 aliphatic rings. The lowest BCUT2D eigenvalue weighted by Gasteiger charge is -2.35. The summed E-state index contributed by atoms with van der Waals surface area (Å²) in [6.45, 7) is 10.7. The minimum absolute atomic E-state index is 0.135. The lowest BCUT2D eigenvalue weighted by atomic mass is 9.90. The first-order valence-corrected chi connectivity index (χ1v) is 24.1. The van der Waals surface area contributed by atoms with Crippen molar-refractivity contribution in [2.75, 3.05) is 53.0 Å². The fourth-order valence-electron chi connectivity index (χ4n) is 10.2. The van der Waals surface area contributed by atoms with Crippen LogP contribution in [-0.4, -0.2) is 108 Å². The van der Waals surface area contributed by atoms with Gasteiger partial charge < -0.3 is 23.8 Å². The Hall–Kier alpha value is -6.31. The summed E-state index contributed by atoms with van der Waals surface area (Å²) in [4.78, 5) is 61.7. The third kappa shape index (κ3) is 9.43. The first-order chi connectivity index (χ1) is 32.9. The van der Waals surface area contributed by atoms with E-state index in [1.807, 2.05) is 43.1 Å². The zero-order valence-corrected chi connectivity index (χ0v) is 40.0. The van der Waals surface area contributed by atoms with E-state index in [4.69, 9.17) is 21.1 Å². The topological polar surface area (TPSA) is 126 Å². The van der Waals surface area contributed by atoms with Gasteiger partial charge in [-0.3, -0.25) is 34.4 Å². The Kier molecular flexibility index (Phi) is 13.8. The van der Waals surface area contributed by atoms with E-state index in [2.05, 4.69) is 45.8 Å². The highest BCUT2D eigenvalue weighted by Crippen LogP contribution is 2.41. The maximum Gasteiger partial charge on any atom is 0.260 e. The molecule has 1 aliphatic carbocycles. The molecule has 354 valence electrons. The van der Waals surface area contributed by atoms with Crippen LogP contribution in [0.3, 0.4) is 0 Å². The van der Waals surface area contributed by atoms with Crippen LogP contribution in [0, 0.1) is 5.82 Å². The number of ether oxygens (including phenoxy) is 2. The number of amides is 4. The van der Waals surface area contributed by atoms with Crippen LogP contribution in [0.1, 0.15) is 92.0 Å². The van der Waals surface area contributed by atoms with E-state index < -0.39 is 11.9 Å². The van der Waals surface area contributed by atoms with Crippen molar-refractivity contribution in [3.8, 4) is 11.5 Å². The highest BCUT2D eigenvalue weighted by molar-refractivity contribution is 6.37. The van der Waals surface area contributed by atoms with Crippen molar-refractivity contribution in [2.45, 2.75) is 84.8 Å². The van der Waals surface area contributed by atoms with E-state index in [9.17, 15) is 23.6 Å². The van der Waals surface area contributed by atoms with Crippen molar-refractivity contribution in [1.82, 2.24) is 24.6 Å². The van der Waals surface area contributed by atoms with Gasteiger partial charge >= 0.3 is 0 Å².